The molecule has 5 amide bonds. The van der Waals surface area contributed by atoms with Gasteiger partial charge >= 0.3 is 0 Å². The molecule has 0 saturated heterocycles. The number of aryl methyl sites for hydroxylation is 1. The standard InChI is InChI=1S/C41H41N3O11S/c1-7-54-34-19-25(15-17-32(34)52-5)30(43-38(46)27-12-9-11-23(3)36(27)40(43)48)21-56(50,51)22-31(26-16-18-33(53-6)35(20-26)55-8-2)44-39(47)28-13-10-14-29(42-24(4)45)37(28)41(44)49/h9-20,30-31H,7-8,21-22H2,1-6H3,(H,42,45)/t30-,31+/m0/s1. The summed E-state index contributed by atoms with van der Waals surface area (Å²) in [7, 11) is -1.57. The normalized spacial score (nSPS) is 14.7. The number of carbonyl (C=O) groups is 5. The second-order valence-corrected chi connectivity index (χ2v) is 15.3. The van der Waals surface area contributed by atoms with E-state index in [2.05, 4.69) is 5.32 Å². The van der Waals surface area contributed by atoms with E-state index in [4.69, 9.17) is 18.9 Å². The van der Waals surface area contributed by atoms with Gasteiger partial charge in [0.1, 0.15) is 0 Å². The van der Waals surface area contributed by atoms with E-state index in [9.17, 15) is 32.4 Å². The summed E-state index contributed by atoms with van der Waals surface area (Å²) >= 11 is 0. The largest absolute Gasteiger partial charge is 0.493 e. The van der Waals surface area contributed by atoms with Gasteiger partial charge in [-0.05, 0) is 79.9 Å². The fourth-order valence-corrected chi connectivity index (χ4v) is 8.94. The van der Waals surface area contributed by atoms with Crippen LogP contribution in [0.5, 0.6) is 23.0 Å². The number of nitrogens with zero attached hydrogens (tertiary/aromatic N) is 2. The zero-order valence-corrected chi connectivity index (χ0v) is 32.5. The number of methoxy groups -OCH3 is 2. The van der Waals surface area contributed by atoms with Crippen LogP contribution in [-0.4, -0.2) is 86.7 Å². The molecule has 2 atom stereocenters. The summed E-state index contributed by atoms with van der Waals surface area (Å²) in [6, 6.07) is 15.7. The van der Waals surface area contributed by atoms with Gasteiger partial charge in [0.15, 0.2) is 32.8 Å². The number of ether oxygens (including phenoxy) is 4. The number of hydrogen-bond acceptors (Lipinski definition) is 11. The highest BCUT2D eigenvalue weighted by molar-refractivity contribution is 7.91. The van der Waals surface area contributed by atoms with E-state index >= 15 is 0 Å². The lowest BCUT2D eigenvalue weighted by Crippen LogP contribution is -2.41. The summed E-state index contributed by atoms with van der Waals surface area (Å²) in [6.07, 6.45) is 0. The van der Waals surface area contributed by atoms with E-state index < -0.39 is 63.0 Å². The first-order valence-electron chi connectivity index (χ1n) is 17.8. The highest BCUT2D eigenvalue weighted by atomic mass is 32.2. The number of hydrogen-bond donors (Lipinski definition) is 1. The van der Waals surface area contributed by atoms with Gasteiger partial charge in [-0.3, -0.25) is 33.8 Å². The molecule has 2 heterocycles. The summed E-state index contributed by atoms with van der Waals surface area (Å²) in [6.45, 7) is 6.92. The number of carbonyl (C=O) groups excluding carboxylic acids is 5. The molecule has 0 aromatic heterocycles. The number of nitrogens with one attached hydrogen (secondary N) is 1. The Hall–Kier alpha value is -6.22. The van der Waals surface area contributed by atoms with Crippen LogP contribution in [0.25, 0.3) is 0 Å². The van der Waals surface area contributed by atoms with E-state index in [-0.39, 0.29) is 63.8 Å². The molecule has 15 heteroatoms. The molecule has 56 heavy (non-hydrogen) atoms. The molecule has 6 rings (SSSR count). The van der Waals surface area contributed by atoms with Crippen LogP contribution in [0, 0.1) is 6.92 Å². The van der Waals surface area contributed by atoms with E-state index in [0.717, 1.165) is 9.80 Å². The number of benzene rings is 4. The third kappa shape index (κ3) is 7.29. The Morgan fingerprint density at radius 2 is 1.12 bits per heavy atom. The molecular weight excluding hydrogens is 743 g/mol. The van der Waals surface area contributed by atoms with Crippen molar-refractivity contribution >= 4 is 45.1 Å². The molecule has 0 unspecified atom stereocenters. The Morgan fingerprint density at radius 3 is 1.57 bits per heavy atom. The zero-order chi connectivity index (χ0) is 40.5. The lowest BCUT2D eigenvalue weighted by atomic mass is 10.0. The van der Waals surface area contributed by atoms with Crippen LogP contribution in [0.2, 0.25) is 0 Å². The average Bonchev–Trinajstić information content (AvgIpc) is 3.57. The van der Waals surface area contributed by atoms with Gasteiger partial charge in [0.2, 0.25) is 5.91 Å². The first-order chi connectivity index (χ1) is 26.7. The molecule has 0 radical (unpaired) electrons. The smallest absolute Gasteiger partial charge is 0.264 e. The van der Waals surface area contributed by atoms with Gasteiger partial charge in [0.25, 0.3) is 23.6 Å². The fraction of sp³-hybridized carbons (Fsp3) is 0.293. The molecule has 0 spiro atoms. The van der Waals surface area contributed by atoms with Crippen LogP contribution < -0.4 is 24.3 Å². The molecule has 2 aliphatic heterocycles. The molecule has 0 bridgehead atoms. The first kappa shape index (κ1) is 39.5. The van der Waals surface area contributed by atoms with Crippen molar-refractivity contribution < 1.29 is 51.3 Å². The number of anilines is 1. The minimum Gasteiger partial charge on any atom is -0.493 e. The van der Waals surface area contributed by atoms with Crippen molar-refractivity contribution in [1.29, 1.82) is 0 Å². The van der Waals surface area contributed by atoms with Crippen LogP contribution in [0.1, 0.15) is 91.0 Å². The molecule has 1 N–H and O–H groups in total. The summed E-state index contributed by atoms with van der Waals surface area (Å²) in [4.78, 5) is 70.4. The second kappa shape index (κ2) is 15.9. The molecular formula is C41H41N3O11S. The van der Waals surface area contributed by atoms with Crippen LogP contribution >= 0.6 is 0 Å². The van der Waals surface area contributed by atoms with Gasteiger partial charge in [-0.2, -0.15) is 0 Å². The Kier molecular flexibility index (Phi) is 11.2. The quantitative estimate of drug-likeness (QED) is 0.150. The maximum Gasteiger partial charge on any atom is 0.264 e. The molecule has 14 nitrogen and oxygen atoms in total. The number of amides is 5. The van der Waals surface area contributed by atoms with Gasteiger partial charge in [0.05, 0.1) is 79.0 Å². The number of imide groups is 2. The highest BCUT2D eigenvalue weighted by Crippen LogP contribution is 2.41. The average molecular weight is 784 g/mol. The molecule has 4 aromatic rings. The summed E-state index contributed by atoms with van der Waals surface area (Å²) in [5.41, 5.74) is 1.32. The third-order valence-corrected chi connectivity index (χ3v) is 11.3. The van der Waals surface area contributed by atoms with Gasteiger partial charge in [-0.1, -0.05) is 30.3 Å². The molecule has 292 valence electrons. The predicted molar refractivity (Wildman–Crippen MR) is 205 cm³/mol. The Morgan fingerprint density at radius 1 is 0.661 bits per heavy atom. The molecule has 0 fully saturated rings. The number of fused-ring (bicyclic) bond motifs is 2. The van der Waals surface area contributed by atoms with Crippen molar-refractivity contribution in [2.75, 3.05) is 44.3 Å². The number of rotatable bonds is 15. The molecule has 0 aliphatic carbocycles. The molecule has 4 aromatic carbocycles. The van der Waals surface area contributed by atoms with Crippen molar-refractivity contribution in [2.24, 2.45) is 0 Å². The van der Waals surface area contributed by atoms with E-state index in [1.54, 1.807) is 45.0 Å². The van der Waals surface area contributed by atoms with Crippen molar-refractivity contribution in [1.82, 2.24) is 9.80 Å². The SMILES string of the molecule is CCOc1cc([C@@H](CS(=O)(=O)C[C@@H](c2ccc(OC)c(OCC)c2)N2C(=O)c3cccc(C)c3C2=O)N2C(=O)c3cccc(NC(C)=O)c3C2=O)ccc1OC. The van der Waals surface area contributed by atoms with Crippen molar-refractivity contribution in [3.63, 3.8) is 0 Å². The monoisotopic (exact) mass is 783 g/mol. The summed E-state index contributed by atoms with van der Waals surface area (Å²) in [5.74, 6) is -3.86. The minimum atomic E-state index is -4.45. The van der Waals surface area contributed by atoms with Gasteiger partial charge in [-0.25, -0.2) is 8.42 Å². The van der Waals surface area contributed by atoms with Gasteiger partial charge in [-0.15, -0.1) is 0 Å². The fourth-order valence-electron chi connectivity index (χ4n) is 7.16. The maximum absolute atomic E-state index is 14.8. The van der Waals surface area contributed by atoms with Crippen molar-refractivity contribution in [2.45, 2.75) is 39.8 Å². The second-order valence-electron chi connectivity index (χ2n) is 13.2. The van der Waals surface area contributed by atoms with Crippen molar-refractivity contribution in [3.8, 4) is 23.0 Å². The lowest BCUT2D eigenvalue weighted by Gasteiger charge is -2.30. The Labute approximate surface area is 324 Å². The van der Waals surface area contributed by atoms with Gasteiger partial charge < -0.3 is 24.3 Å². The predicted octanol–water partition coefficient (Wildman–Crippen LogP) is 5.56. The number of sulfone groups is 1. The summed E-state index contributed by atoms with van der Waals surface area (Å²) < 4.78 is 52.0. The zero-order valence-electron chi connectivity index (χ0n) is 31.7. The van der Waals surface area contributed by atoms with E-state index in [1.165, 1.54) is 69.7 Å². The van der Waals surface area contributed by atoms with E-state index in [1.807, 2.05) is 0 Å². The third-order valence-electron chi connectivity index (χ3n) is 9.60. The lowest BCUT2D eigenvalue weighted by molar-refractivity contribution is -0.114. The molecule has 0 saturated carbocycles. The van der Waals surface area contributed by atoms with Crippen LogP contribution in [0.3, 0.4) is 0 Å². The minimum absolute atomic E-state index is 0.0249. The van der Waals surface area contributed by atoms with Crippen LogP contribution in [-0.2, 0) is 14.6 Å². The van der Waals surface area contributed by atoms with Gasteiger partial charge in [0, 0.05) is 6.92 Å². The topological polar surface area (TPSA) is 175 Å². The Bertz CT molecular complexity index is 2380. The maximum atomic E-state index is 14.8. The first-order valence-corrected chi connectivity index (χ1v) is 19.6. The molecule has 2 aliphatic rings. The Balaban J connectivity index is 1.47. The highest BCUT2D eigenvalue weighted by Gasteiger charge is 2.47. The van der Waals surface area contributed by atoms with Crippen LogP contribution in [0.4, 0.5) is 5.69 Å². The van der Waals surface area contributed by atoms with Crippen LogP contribution in [0.15, 0.2) is 72.8 Å². The van der Waals surface area contributed by atoms with E-state index in [0.29, 0.717) is 17.1 Å². The van der Waals surface area contributed by atoms with Crippen molar-refractivity contribution in [3.05, 3.63) is 112 Å². The summed E-state index contributed by atoms with van der Waals surface area (Å²) in [5, 5.41) is 2.58.